The number of rotatable bonds is 7. The monoisotopic (exact) mass is 366 g/mol. The number of hydrogen-bond acceptors (Lipinski definition) is 6. The van der Waals surface area contributed by atoms with Crippen molar-refractivity contribution in [3.8, 4) is 11.5 Å². The van der Waals surface area contributed by atoms with Gasteiger partial charge in [-0.05, 0) is 25.1 Å². The number of anilines is 1. The van der Waals surface area contributed by atoms with E-state index >= 15 is 0 Å². The molecule has 0 aliphatic carbocycles. The zero-order chi connectivity index (χ0) is 18.6. The Bertz CT molecular complexity index is 882. The fourth-order valence-corrected chi connectivity index (χ4v) is 4.04. The second-order valence-electron chi connectivity index (χ2n) is 4.93. The van der Waals surface area contributed by atoms with E-state index in [1.54, 1.807) is 19.1 Å². The van der Waals surface area contributed by atoms with E-state index < -0.39 is 20.6 Å². The summed E-state index contributed by atoms with van der Waals surface area (Å²) in [6, 6.07) is 9.88. The number of ether oxygens (including phenoxy) is 2. The molecule has 0 bridgehead atoms. The van der Waals surface area contributed by atoms with Crippen LogP contribution in [-0.4, -0.2) is 34.1 Å². The van der Waals surface area contributed by atoms with Crippen molar-refractivity contribution in [3.63, 3.8) is 0 Å². The highest BCUT2D eigenvalue weighted by atomic mass is 32.2. The topological polar surface area (TPSA) is 99.0 Å². The van der Waals surface area contributed by atoms with E-state index in [1.165, 1.54) is 38.5 Å². The molecule has 0 unspecified atom stereocenters. The lowest BCUT2D eigenvalue weighted by molar-refractivity contribution is -0.387. The molecule has 2 aromatic carbocycles. The lowest BCUT2D eigenvalue weighted by atomic mass is 10.2. The molecular formula is C16H18N2O6S. The number of nitrogens with zero attached hydrogens (tertiary/aromatic N) is 2. The molecule has 0 atom stereocenters. The maximum Gasteiger partial charge on any atom is 0.289 e. The number of para-hydroxylation sites is 1. The number of hydrogen-bond donors (Lipinski definition) is 0. The number of methoxy groups -OCH3 is 2. The molecule has 0 saturated carbocycles. The number of sulfonamides is 1. The summed E-state index contributed by atoms with van der Waals surface area (Å²) in [6.45, 7) is 1.73. The summed E-state index contributed by atoms with van der Waals surface area (Å²) in [7, 11) is -1.22. The van der Waals surface area contributed by atoms with Crippen LogP contribution in [0, 0.1) is 10.1 Å². The third kappa shape index (κ3) is 3.50. The minimum absolute atomic E-state index is 0.0872. The Hall–Kier alpha value is -2.81. The van der Waals surface area contributed by atoms with Crippen LogP contribution in [0.3, 0.4) is 0 Å². The molecule has 0 fully saturated rings. The first-order chi connectivity index (χ1) is 11.9. The van der Waals surface area contributed by atoms with Crippen LogP contribution in [0.15, 0.2) is 47.4 Å². The molecule has 0 radical (unpaired) electrons. The van der Waals surface area contributed by atoms with E-state index in [1.807, 2.05) is 0 Å². The van der Waals surface area contributed by atoms with Crippen LogP contribution in [0.5, 0.6) is 11.5 Å². The van der Waals surface area contributed by atoms with Gasteiger partial charge >= 0.3 is 0 Å². The molecule has 8 nitrogen and oxygen atoms in total. The van der Waals surface area contributed by atoms with Crippen molar-refractivity contribution in [2.45, 2.75) is 11.8 Å². The van der Waals surface area contributed by atoms with Gasteiger partial charge in [0.15, 0.2) is 16.4 Å². The van der Waals surface area contributed by atoms with Crippen molar-refractivity contribution in [2.75, 3.05) is 25.1 Å². The molecule has 134 valence electrons. The van der Waals surface area contributed by atoms with Gasteiger partial charge in [0.1, 0.15) is 0 Å². The Morgan fingerprint density at radius 2 is 1.72 bits per heavy atom. The van der Waals surface area contributed by atoms with Gasteiger partial charge in [0, 0.05) is 18.7 Å². The predicted molar refractivity (Wildman–Crippen MR) is 92.8 cm³/mol. The number of nitro groups is 1. The smallest absolute Gasteiger partial charge is 0.289 e. The van der Waals surface area contributed by atoms with E-state index in [9.17, 15) is 18.5 Å². The predicted octanol–water partition coefficient (Wildman–Crippen LogP) is 2.83. The molecule has 0 aliphatic heterocycles. The Kier molecular flexibility index (Phi) is 5.48. The summed E-state index contributed by atoms with van der Waals surface area (Å²) in [5.41, 5.74) is -0.153. The average molecular weight is 366 g/mol. The number of nitro benzene ring substituents is 1. The quantitative estimate of drug-likeness (QED) is 0.552. The van der Waals surface area contributed by atoms with Gasteiger partial charge in [-0.1, -0.05) is 12.1 Å². The first-order valence-electron chi connectivity index (χ1n) is 7.35. The summed E-state index contributed by atoms with van der Waals surface area (Å²) in [6.07, 6.45) is 0. The first kappa shape index (κ1) is 18.5. The zero-order valence-corrected chi connectivity index (χ0v) is 14.8. The minimum atomic E-state index is -4.13. The van der Waals surface area contributed by atoms with Crippen LogP contribution < -0.4 is 13.8 Å². The van der Waals surface area contributed by atoms with Crippen LogP contribution in [0.4, 0.5) is 11.4 Å². The van der Waals surface area contributed by atoms with Gasteiger partial charge in [0.2, 0.25) is 0 Å². The molecule has 0 aromatic heterocycles. The molecule has 0 saturated heterocycles. The van der Waals surface area contributed by atoms with Crippen LogP contribution >= 0.6 is 0 Å². The van der Waals surface area contributed by atoms with Crippen molar-refractivity contribution in [1.29, 1.82) is 0 Å². The molecule has 9 heteroatoms. The average Bonchev–Trinajstić information content (AvgIpc) is 2.61. The molecule has 0 heterocycles. The maximum atomic E-state index is 13.0. The second kappa shape index (κ2) is 7.39. The molecular weight excluding hydrogens is 348 g/mol. The lowest BCUT2D eigenvalue weighted by Crippen LogP contribution is -2.31. The van der Waals surface area contributed by atoms with Gasteiger partial charge in [0.25, 0.3) is 15.7 Å². The molecule has 0 spiro atoms. The van der Waals surface area contributed by atoms with E-state index in [4.69, 9.17) is 9.47 Å². The molecule has 2 rings (SSSR count). The van der Waals surface area contributed by atoms with E-state index in [-0.39, 0.29) is 11.4 Å². The maximum absolute atomic E-state index is 13.0. The Morgan fingerprint density at radius 1 is 1.08 bits per heavy atom. The second-order valence-corrected chi connectivity index (χ2v) is 6.76. The molecule has 0 amide bonds. The van der Waals surface area contributed by atoms with Crippen molar-refractivity contribution in [2.24, 2.45) is 0 Å². The van der Waals surface area contributed by atoms with Crippen molar-refractivity contribution in [1.82, 2.24) is 0 Å². The van der Waals surface area contributed by atoms with Crippen molar-refractivity contribution < 1.29 is 22.8 Å². The molecule has 0 N–H and O–H groups in total. The summed E-state index contributed by atoms with van der Waals surface area (Å²) in [5.74, 6) is 0.807. The third-order valence-electron chi connectivity index (χ3n) is 3.57. The van der Waals surface area contributed by atoms with Gasteiger partial charge < -0.3 is 9.47 Å². The Balaban J connectivity index is 2.59. The van der Waals surface area contributed by atoms with Crippen LogP contribution in [0.2, 0.25) is 0 Å². The fraction of sp³-hybridized carbons (Fsp3) is 0.250. The van der Waals surface area contributed by atoms with E-state index in [2.05, 4.69) is 0 Å². The first-order valence-corrected chi connectivity index (χ1v) is 8.79. The standard InChI is InChI=1S/C16H18N2O6S/c1-4-17(12-9-10-14(23-2)15(11-12)24-3)25(21,22)16-8-6-5-7-13(16)18(19)20/h5-11H,4H2,1-3H3. The van der Waals surface area contributed by atoms with E-state index in [0.717, 1.165) is 10.4 Å². The number of benzene rings is 2. The normalized spacial score (nSPS) is 11.0. The lowest BCUT2D eigenvalue weighted by Gasteiger charge is -2.23. The highest BCUT2D eigenvalue weighted by Gasteiger charge is 2.31. The van der Waals surface area contributed by atoms with E-state index in [0.29, 0.717) is 17.2 Å². The highest BCUT2D eigenvalue weighted by Crippen LogP contribution is 2.35. The van der Waals surface area contributed by atoms with Crippen molar-refractivity contribution >= 4 is 21.4 Å². The highest BCUT2D eigenvalue weighted by molar-refractivity contribution is 7.93. The Morgan fingerprint density at radius 3 is 2.28 bits per heavy atom. The van der Waals surface area contributed by atoms with Crippen LogP contribution in [0.25, 0.3) is 0 Å². The summed E-state index contributed by atoms with van der Waals surface area (Å²) < 4.78 is 37.4. The zero-order valence-electron chi connectivity index (χ0n) is 14.0. The molecule has 0 aliphatic rings. The molecule has 25 heavy (non-hydrogen) atoms. The van der Waals surface area contributed by atoms with Gasteiger partial charge in [-0.2, -0.15) is 0 Å². The van der Waals surface area contributed by atoms with Gasteiger partial charge in [-0.25, -0.2) is 8.42 Å². The minimum Gasteiger partial charge on any atom is -0.493 e. The fourth-order valence-electron chi connectivity index (χ4n) is 2.42. The Labute approximate surface area is 145 Å². The summed E-state index contributed by atoms with van der Waals surface area (Å²) >= 11 is 0. The van der Waals surface area contributed by atoms with Gasteiger partial charge in [0.05, 0.1) is 24.8 Å². The van der Waals surface area contributed by atoms with Gasteiger partial charge in [-0.15, -0.1) is 0 Å². The van der Waals surface area contributed by atoms with Crippen LogP contribution in [-0.2, 0) is 10.0 Å². The van der Waals surface area contributed by atoms with Gasteiger partial charge in [-0.3, -0.25) is 14.4 Å². The van der Waals surface area contributed by atoms with Crippen molar-refractivity contribution in [3.05, 3.63) is 52.6 Å². The summed E-state index contributed by atoms with van der Waals surface area (Å²) in [4.78, 5) is 10.1. The summed E-state index contributed by atoms with van der Waals surface area (Å²) in [5, 5.41) is 11.2. The molecule has 2 aromatic rings. The third-order valence-corrected chi connectivity index (χ3v) is 5.52. The SMILES string of the molecule is CCN(c1ccc(OC)c(OC)c1)S(=O)(=O)c1ccccc1[N+](=O)[O-]. The van der Waals surface area contributed by atoms with Crippen LogP contribution in [0.1, 0.15) is 6.92 Å². The largest absolute Gasteiger partial charge is 0.493 e.